The molecule has 0 radical (unpaired) electrons. The van der Waals surface area contributed by atoms with Crippen LogP contribution in [0.3, 0.4) is 0 Å². The normalized spacial score (nSPS) is 11.8. The Morgan fingerprint density at radius 2 is 1.76 bits per heavy atom. The average Bonchev–Trinajstić information content (AvgIpc) is 3.28. The molecule has 0 spiro atoms. The Hall–Kier alpha value is -4.11. The van der Waals surface area contributed by atoms with Gasteiger partial charge in [-0.15, -0.1) is 5.10 Å². The fourth-order valence-electron chi connectivity index (χ4n) is 3.63. The van der Waals surface area contributed by atoms with E-state index in [-0.39, 0.29) is 24.6 Å². The first-order valence-electron chi connectivity index (χ1n) is 10.4. The zero-order valence-corrected chi connectivity index (χ0v) is 17.6. The maximum absolute atomic E-state index is 13.0. The second kappa shape index (κ2) is 10.0. The maximum Gasteiger partial charge on any atom is 0.245 e. The molecule has 3 N–H and O–H groups in total. The van der Waals surface area contributed by atoms with Crippen LogP contribution in [0.1, 0.15) is 23.7 Å². The highest BCUT2D eigenvalue weighted by Gasteiger charge is 2.19. The predicted octanol–water partition coefficient (Wildman–Crippen LogP) is 3.43. The van der Waals surface area contributed by atoms with Crippen molar-refractivity contribution in [1.82, 2.24) is 20.5 Å². The predicted molar refractivity (Wildman–Crippen MR) is 120 cm³/mol. The van der Waals surface area contributed by atoms with Gasteiger partial charge in [0.25, 0.3) is 0 Å². The molecule has 0 aliphatic carbocycles. The van der Waals surface area contributed by atoms with Crippen molar-refractivity contribution in [1.29, 1.82) is 0 Å². The van der Waals surface area contributed by atoms with Crippen molar-refractivity contribution in [2.24, 2.45) is 0 Å². The number of hydrogen-bond acceptors (Lipinski definition) is 5. The largest absolute Gasteiger partial charge is 0.326 e. The van der Waals surface area contributed by atoms with E-state index in [0.717, 1.165) is 16.3 Å². The summed E-state index contributed by atoms with van der Waals surface area (Å²) < 4.78 is 14.6. The molecule has 0 fully saturated rings. The van der Waals surface area contributed by atoms with Crippen molar-refractivity contribution in [3.63, 3.8) is 0 Å². The first-order valence-corrected chi connectivity index (χ1v) is 10.4. The minimum absolute atomic E-state index is 0.0199. The molecule has 0 bridgehead atoms. The lowest BCUT2D eigenvalue weighted by Crippen LogP contribution is -2.25. The number of amides is 2. The Kier molecular flexibility index (Phi) is 6.70. The summed E-state index contributed by atoms with van der Waals surface area (Å²) in [6.45, 7) is 0. The van der Waals surface area contributed by atoms with Crippen molar-refractivity contribution in [2.75, 3.05) is 5.32 Å². The van der Waals surface area contributed by atoms with Gasteiger partial charge in [0.15, 0.2) is 0 Å². The van der Waals surface area contributed by atoms with Gasteiger partial charge in [0.2, 0.25) is 11.8 Å². The van der Waals surface area contributed by atoms with Gasteiger partial charge in [-0.1, -0.05) is 47.7 Å². The average molecular weight is 447 g/mol. The molecule has 0 aliphatic rings. The van der Waals surface area contributed by atoms with Crippen molar-refractivity contribution < 1.29 is 19.2 Å². The summed E-state index contributed by atoms with van der Waals surface area (Å²) in [7, 11) is 0. The summed E-state index contributed by atoms with van der Waals surface area (Å²) in [6.07, 6.45) is 2.03. The third-order valence-corrected chi connectivity index (χ3v) is 5.23. The van der Waals surface area contributed by atoms with Crippen molar-refractivity contribution in [3.8, 4) is 0 Å². The lowest BCUT2D eigenvalue weighted by Gasteiger charge is -2.16. The Balaban J connectivity index is 1.48. The summed E-state index contributed by atoms with van der Waals surface area (Å²) in [5.41, 5.74) is 3.55. The molecule has 0 aliphatic heterocycles. The van der Waals surface area contributed by atoms with E-state index in [4.69, 9.17) is 5.21 Å². The molecule has 1 heterocycles. The molecule has 0 unspecified atom stereocenters. The first-order chi connectivity index (χ1) is 16.0. The van der Waals surface area contributed by atoms with E-state index in [9.17, 15) is 14.0 Å². The molecule has 9 heteroatoms. The van der Waals surface area contributed by atoms with Gasteiger partial charge >= 0.3 is 0 Å². The second-order valence-corrected chi connectivity index (χ2v) is 7.70. The molecule has 8 nitrogen and oxygen atoms in total. The fraction of sp³-hybridized carbons (Fsp3) is 0.167. The molecule has 0 saturated heterocycles. The molecule has 1 atom stereocenters. The van der Waals surface area contributed by atoms with Crippen LogP contribution in [0.4, 0.5) is 10.1 Å². The number of fused-ring (bicyclic) bond motifs is 1. The molecule has 4 rings (SSSR count). The highest BCUT2D eigenvalue weighted by atomic mass is 19.1. The number of carbonyl (C=O) groups excluding carboxylic acids is 2. The zero-order chi connectivity index (χ0) is 23.2. The number of rotatable bonds is 8. The van der Waals surface area contributed by atoms with Gasteiger partial charge < -0.3 is 5.32 Å². The minimum atomic E-state index is -0.549. The van der Waals surface area contributed by atoms with Gasteiger partial charge in [0, 0.05) is 11.9 Å². The molecule has 1 aromatic heterocycles. The van der Waals surface area contributed by atoms with E-state index in [2.05, 4.69) is 15.6 Å². The van der Waals surface area contributed by atoms with Crippen LogP contribution in [0.25, 0.3) is 10.8 Å². The van der Waals surface area contributed by atoms with Crippen LogP contribution in [-0.4, -0.2) is 32.0 Å². The molecule has 4 aromatic rings. The smallest absolute Gasteiger partial charge is 0.245 e. The summed E-state index contributed by atoms with van der Waals surface area (Å²) in [6, 6.07) is 19.1. The number of benzene rings is 3. The third kappa shape index (κ3) is 5.78. The van der Waals surface area contributed by atoms with E-state index < -0.39 is 11.9 Å². The summed E-state index contributed by atoms with van der Waals surface area (Å²) in [5.74, 6) is -1.26. The van der Waals surface area contributed by atoms with Crippen LogP contribution in [0, 0.1) is 5.82 Å². The van der Waals surface area contributed by atoms with Crippen molar-refractivity contribution >= 4 is 28.3 Å². The van der Waals surface area contributed by atoms with Gasteiger partial charge in [0.05, 0.1) is 24.6 Å². The number of halogens is 1. The Labute approximate surface area is 189 Å². The number of hydroxylamine groups is 1. The third-order valence-electron chi connectivity index (χ3n) is 5.23. The van der Waals surface area contributed by atoms with Gasteiger partial charge in [0.1, 0.15) is 5.82 Å². The molecule has 0 saturated carbocycles. The van der Waals surface area contributed by atoms with Crippen molar-refractivity contribution in [3.05, 3.63) is 90.0 Å². The molecule has 168 valence electrons. The zero-order valence-electron chi connectivity index (χ0n) is 17.6. The van der Waals surface area contributed by atoms with Gasteiger partial charge in [-0.25, -0.2) is 14.6 Å². The summed E-state index contributed by atoms with van der Waals surface area (Å²) in [4.78, 5) is 24.2. The number of nitrogens with zero attached hydrogens (tertiary/aromatic N) is 3. The van der Waals surface area contributed by atoms with Crippen LogP contribution < -0.4 is 10.8 Å². The van der Waals surface area contributed by atoms with E-state index in [1.807, 2.05) is 42.5 Å². The quantitative estimate of drug-likeness (QED) is 0.283. The van der Waals surface area contributed by atoms with Crippen molar-refractivity contribution in [2.45, 2.75) is 25.3 Å². The lowest BCUT2D eigenvalue weighted by molar-refractivity contribution is -0.130. The fourth-order valence-corrected chi connectivity index (χ4v) is 3.63. The minimum Gasteiger partial charge on any atom is -0.326 e. The maximum atomic E-state index is 13.0. The Bertz CT molecular complexity index is 1270. The molecule has 3 aromatic carbocycles. The van der Waals surface area contributed by atoms with E-state index >= 15 is 0 Å². The molecule has 2 amide bonds. The number of hydrogen-bond donors (Lipinski definition) is 3. The van der Waals surface area contributed by atoms with Crippen LogP contribution in [-0.2, 0) is 22.4 Å². The topological polar surface area (TPSA) is 109 Å². The highest BCUT2D eigenvalue weighted by Crippen LogP contribution is 2.22. The van der Waals surface area contributed by atoms with E-state index in [1.165, 1.54) is 28.9 Å². The summed E-state index contributed by atoms with van der Waals surface area (Å²) in [5, 5.41) is 22.0. The Morgan fingerprint density at radius 3 is 2.52 bits per heavy atom. The monoisotopic (exact) mass is 447 g/mol. The first kappa shape index (κ1) is 22.1. The highest BCUT2D eigenvalue weighted by molar-refractivity contribution is 5.91. The van der Waals surface area contributed by atoms with Crippen LogP contribution in [0.5, 0.6) is 0 Å². The van der Waals surface area contributed by atoms with Crippen LogP contribution >= 0.6 is 0 Å². The van der Waals surface area contributed by atoms with Crippen LogP contribution in [0.2, 0.25) is 0 Å². The standard InChI is InChI=1S/C24H22FN5O3/c25-19-7-9-20(10-8-19)26-23(31)13-21-15-30(29-27-21)22(14-24(32)28-33)12-16-5-6-17-3-1-2-4-18(17)11-16/h1-11,15,22,33H,12-14H2,(H,26,31)(H,28,32)/t22-/m1/s1. The molecular formula is C24H22FN5O3. The van der Waals surface area contributed by atoms with Gasteiger partial charge in [-0.3, -0.25) is 14.8 Å². The number of aromatic nitrogens is 3. The summed E-state index contributed by atoms with van der Waals surface area (Å²) >= 11 is 0. The SMILES string of the molecule is O=C(C[C@@H](Cc1ccc2ccccc2c1)n1cc(CC(=O)Nc2ccc(F)cc2)nn1)NO. The number of nitrogens with one attached hydrogen (secondary N) is 2. The van der Waals surface area contributed by atoms with E-state index in [1.54, 1.807) is 11.7 Å². The molecule has 33 heavy (non-hydrogen) atoms. The number of anilines is 1. The van der Waals surface area contributed by atoms with Crippen LogP contribution in [0.15, 0.2) is 72.9 Å². The second-order valence-electron chi connectivity index (χ2n) is 7.70. The van der Waals surface area contributed by atoms with Gasteiger partial charge in [-0.05, 0) is 47.0 Å². The lowest BCUT2D eigenvalue weighted by atomic mass is 10.00. The molecular weight excluding hydrogens is 425 g/mol. The Morgan fingerprint density at radius 1 is 1.00 bits per heavy atom. The van der Waals surface area contributed by atoms with Gasteiger partial charge in [-0.2, -0.15) is 0 Å². The van der Waals surface area contributed by atoms with E-state index in [0.29, 0.717) is 17.8 Å². The number of carbonyl (C=O) groups is 2.